The minimum Gasteiger partial charge on any atom is 4.00 e. The van der Waals surface area contributed by atoms with Crippen LogP contribution in [0.2, 0.25) is 0 Å². The second kappa shape index (κ2) is 34.0. The summed E-state index contributed by atoms with van der Waals surface area (Å²) in [4.78, 5) is 0. The fourth-order valence-corrected chi connectivity index (χ4v) is 2.12. The molecule has 6 heteroatoms. The first-order chi connectivity index (χ1) is 10.7. The van der Waals surface area contributed by atoms with Crippen molar-refractivity contribution in [2.75, 3.05) is 39.3 Å². The molecule has 0 atom stereocenters. The Kier molecular flexibility index (Phi) is 46.4. The third-order valence-electron chi connectivity index (χ3n) is 2.23. The minimum atomic E-state index is -1.73. The van der Waals surface area contributed by atoms with Crippen LogP contribution >= 0.6 is 0 Å². The zero-order chi connectivity index (χ0) is 17.5. The first-order valence-corrected chi connectivity index (χ1v) is 10.9. The van der Waals surface area contributed by atoms with Crippen molar-refractivity contribution in [2.45, 2.75) is 41.5 Å². The van der Waals surface area contributed by atoms with Gasteiger partial charge in [0.15, 0.2) is 0 Å². The molecule has 0 aromatic heterocycles. The molecule has 1 aromatic carbocycles. The second-order valence-electron chi connectivity index (χ2n) is 3.99. The van der Waals surface area contributed by atoms with Crippen LogP contribution in [0.4, 0.5) is 3.50 Å². The Hall–Kier alpha value is 0.586. The van der Waals surface area contributed by atoms with Gasteiger partial charge in [-0.05, 0) is 0 Å². The van der Waals surface area contributed by atoms with E-state index < -0.39 is 15.9 Å². The maximum atomic E-state index is 11.7. The van der Waals surface area contributed by atoms with E-state index in [0.717, 1.165) is 43.7 Å². The van der Waals surface area contributed by atoms with Crippen LogP contribution in [0.1, 0.15) is 41.5 Å². The molecule has 0 unspecified atom stereocenters. The molecule has 0 aliphatic rings. The van der Waals surface area contributed by atoms with E-state index in [0.29, 0.717) is 0 Å². The van der Waals surface area contributed by atoms with Crippen LogP contribution in [-0.2, 0) is 26.2 Å². The Morgan fingerprint density at radius 3 is 1.04 bits per heavy atom. The monoisotopic (exact) mass is 465 g/mol. The zero-order valence-corrected chi connectivity index (χ0v) is 21.4. The quantitative estimate of drug-likeness (QED) is 0.426. The number of halogens is 1. The third-order valence-corrected chi connectivity index (χ3v) is 3.86. The molecule has 134 valence electrons. The van der Waals surface area contributed by atoms with E-state index in [1.165, 1.54) is 0 Å². The third kappa shape index (κ3) is 39.4. The first-order valence-electron chi connectivity index (χ1n) is 8.34. The molecule has 0 N–H and O–H groups in total. The Balaban J connectivity index is -0.000000105. The van der Waals surface area contributed by atoms with E-state index >= 15 is 0 Å². The molecule has 0 amide bonds. The van der Waals surface area contributed by atoms with Crippen molar-refractivity contribution in [2.24, 2.45) is 0 Å². The summed E-state index contributed by atoms with van der Waals surface area (Å²) in [6, 6.07) is 7.44. The summed E-state index contributed by atoms with van der Waals surface area (Å²) in [6.45, 7) is 18.1. The normalized spacial score (nSPS) is 8.83. The molecule has 0 heterocycles. The average Bonchev–Trinajstić information content (AvgIpc) is 3.05. The molecule has 3 nitrogen and oxygen atoms in total. The zero-order valence-electron chi connectivity index (χ0n) is 16.0. The van der Waals surface area contributed by atoms with Gasteiger partial charge in [-0.15, -0.1) is 0 Å². The largest absolute Gasteiger partial charge is 4.00 e. The summed E-state index contributed by atoms with van der Waals surface area (Å²) < 4.78 is 12.7. The molecule has 0 saturated heterocycles. The van der Waals surface area contributed by atoms with Gasteiger partial charge in [-0.25, -0.2) is 0 Å². The predicted octanol–water partition coefficient (Wildman–Crippen LogP) is 4.28. The van der Waals surface area contributed by atoms with Gasteiger partial charge < -0.3 is 16.0 Å². The predicted molar refractivity (Wildman–Crippen MR) is 105 cm³/mol. The maximum absolute atomic E-state index is 11.7. The Bertz CT molecular complexity index is 230. The summed E-state index contributed by atoms with van der Waals surface area (Å²) in [5.74, 6) is 0. The minimum absolute atomic E-state index is 0. The summed E-state index contributed by atoms with van der Waals surface area (Å²) in [5.41, 5.74) is 0. The van der Waals surface area contributed by atoms with Gasteiger partial charge in [0.25, 0.3) is 0 Å². The number of nitrogens with zero attached hydrogens (tertiary/aromatic N) is 3. The second-order valence-corrected chi connectivity index (χ2v) is 6.27. The van der Waals surface area contributed by atoms with Crippen molar-refractivity contribution in [3.05, 3.63) is 40.2 Å². The van der Waals surface area contributed by atoms with E-state index in [-0.39, 0.29) is 26.2 Å². The molecule has 1 rings (SSSR count). The van der Waals surface area contributed by atoms with Crippen molar-refractivity contribution in [1.82, 2.24) is 0 Å². The maximum Gasteiger partial charge on any atom is 4.00 e. The summed E-state index contributed by atoms with van der Waals surface area (Å²) in [6.07, 6.45) is 0. The van der Waals surface area contributed by atoms with Crippen LogP contribution in [0.25, 0.3) is 16.0 Å². The Morgan fingerprint density at radius 1 is 0.696 bits per heavy atom. The van der Waals surface area contributed by atoms with Gasteiger partial charge >= 0.3 is 74.3 Å². The molecule has 0 aliphatic carbocycles. The van der Waals surface area contributed by atoms with Crippen LogP contribution in [0.15, 0.2) is 24.3 Å². The molecule has 0 aliphatic heterocycles. The van der Waals surface area contributed by atoms with Crippen molar-refractivity contribution in [3.63, 3.8) is 0 Å². The number of hydrogen-bond acceptors (Lipinski definition) is 0. The van der Waals surface area contributed by atoms with Crippen LogP contribution in [0, 0.1) is 0 Å². The van der Waals surface area contributed by atoms with Gasteiger partial charge in [-0.1, -0.05) is 41.5 Å². The SMILES string of the molecule is CC[N-]CC.CC[N-]CC.CC[N-]CC.[F][GeH2][c-]1cccc1.[Zr+4]. The van der Waals surface area contributed by atoms with Gasteiger partial charge in [0.05, 0.1) is 0 Å². The molecule has 0 bridgehead atoms. The van der Waals surface area contributed by atoms with Crippen molar-refractivity contribution < 1.29 is 29.7 Å². The van der Waals surface area contributed by atoms with Gasteiger partial charge in [-0.3, -0.25) is 0 Å². The molecule has 23 heavy (non-hydrogen) atoms. The van der Waals surface area contributed by atoms with Gasteiger partial charge in [0, 0.05) is 0 Å². The van der Waals surface area contributed by atoms with Crippen molar-refractivity contribution >= 4 is 20.3 Å². The molecule has 1 aromatic rings. The number of hydrogen-bond donors (Lipinski definition) is 0. The van der Waals surface area contributed by atoms with Gasteiger partial charge in [0.2, 0.25) is 0 Å². The van der Waals surface area contributed by atoms with E-state index in [4.69, 9.17) is 0 Å². The van der Waals surface area contributed by atoms with E-state index in [1.54, 1.807) is 0 Å². The molecule has 0 spiro atoms. The van der Waals surface area contributed by atoms with E-state index in [1.807, 2.05) is 65.8 Å². The van der Waals surface area contributed by atoms with Crippen LogP contribution in [0.5, 0.6) is 0 Å². The first kappa shape index (κ1) is 31.4. The van der Waals surface area contributed by atoms with E-state index in [2.05, 4.69) is 16.0 Å². The number of rotatable bonds is 7. The Morgan fingerprint density at radius 2 is 0.957 bits per heavy atom. The van der Waals surface area contributed by atoms with Crippen LogP contribution in [0.3, 0.4) is 0 Å². The summed E-state index contributed by atoms with van der Waals surface area (Å²) >= 11 is -1.73. The molecular weight excluding hydrogens is 429 g/mol. The fraction of sp³-hybridized carbons (Fsp3) is 0.706. The average molecular weight is 465 g/mol. The van der Waals surface area contributed by atoms with Gasteiger partial charge in [-0.2, -0.15) is 39.3 Å². The molecule has 0 saturated carbocycles. The van der Waals surface area contributed by atoms with Crippen molar-refractivity contribution in [1.29, 1.82) is 0 Å². The van der Waals surface area contributed by atoms with Crippen LogP contribution < -0.4 is 4.40 Å². The van der Waals surface area contributed by atoms with E-state index in [9.17, 15) is 3.50 Å². The standard InChI is InChI=1S/C5H6FGe.3C4H10N.Zr/c6-7-5-3-1-2-4-5;3*1-3-5-4-2;/h1-4H,7H2;3*3-4H2,1-2H3;/q4*-1;+4. The topological polar surface area (TPSA) is 42.3 Å². The van der Waals surface area contributed by atoms with Crippen LogP contribution in [-0.4, -0.2) is 55.2 Å². The summed E-state index contributed by atoms with van der Waals surface area (Å²) in [5, 5.41) is 11.9. The van der Waals surface area contributed by atoms with Gasteiger partial charge in [0.1, 0.15) is 0 Å². The molecule has 0 fully saturated rings. The van der Waals surface area contributed by atoms with Crippen molar-refractivity contribution in [3.8, 4) is 0 Å². The molecule has 0 radical (unpaired) electrons. The Labute approximate surface area is 170 Å². The fourth-order valence-electron chi connectivity index (χ4n) is 1.17. The smallest absolute Gasteiger partial charge is 4.00 e. The molecular formula is C17H36FGeN3Zr. The summed E-state index contributed by atoms with van der Waals surface area (Å²) in [7, 11) is 0.